The molecule has 2 heterocycles. The van der Waals surface area contributed by atoms with Crippen LogP contribution in [0.4, 0.5) is 0 Å². The third-order valence-electron chi connectivity index (χ3n) is 3.64. The van der Waals surface area contributed by atoms with Gasteiger partial charge in [0.05, 0.1) is 23.0 Å². The van der Waals surface area contributed by atoms with E-state index in [0.29, 0.717) is 11.5 Å². The van der Waals surface area contributed by atoms with Crippen LogP contribution in [0.15, 0.2) is 36.8 Å². The van der Waals surface area contributed by atoms with Gasteiger partial charge in [-0.15, -0.1) is 0 Å². The zero-order chi connectivity index (χ0) is 16.6. The minimum Gasteiger partial charge on any atom is -0.478 e. The molecule has 0 saturated carbocycles. The number of rotatable bonds is 4. The van der Waals surface area contributed by atoms with Crippen LogP contribution < -0.4 is 0 Å². The summed E-state index contributed by atoms with van der Waals surface area (Å²) in [4.78, 5) is 11.0. The first-order chi connectivity index (χ1) is 11.0. The van der Waals surface area contributed by atoms with E-state index in [0.717, 1.165) is 23.1 Å². The van der Waals surface area contributed by atoms with Gasteiger partial charge in [-0.1, -0.05) is 13.8 Å². The average molecular weight is 308 g/mol. The quantitative estimate of drug-likeness (QED) is 0.803. The lowest BCUT2D eigenvalue weighted by Crippen LogP contribution is -2.02. The summed E-state index contributed by atoms with van der Waals surface area (Å²) in [5.74, 6) is -0.542. The molecule has 3 rings (SSSR count). The molecule has 6 heteroatoms. The van der Waals surface area contributed by atoms with E-state index in [4.69, 9.17) is 5.11 Å². The van der Waals surface area contributed by atoms with E-state index >= 15 is 0 Å². The second-order valence-electron chi connectivity index (χ2n) is 5.88. The number of nitrogens with zero attached hydrogens (tertiary/aromatic N) is 4. The zero-order valence-electron chi connectivity index (χ0n) is 12.9. The van der Waals surface area contributed by atoms with Crippen LogP contribution in [-0.2, 0) is 6.54 Å². The van der Waals surface area contributed by atoms with E-state index in [-0.39, 0.29) is 5.56 Å². The molecule has 6 nitrogen and oxygen atoms in total. The molecule has 2 aromatic heterocycles. The van der Waals surface area contributed by atoms with Crippen molar-refractivity contribution < 1.29 is 9.90 Å². The van der Waals surface area contributed by atoms with Crippen LogP contribution in [0.25, 0.3) is 16.6 Å². The maximum absolute atomic E-state index is 11.0. The van der Waals surface area contributed by atoms with Crippen LogP contribution in [0.1, 0.15) is 29.8 Å². The maximum Gasteiger partial charge on any atom is 0.338 e. The summed E-state index contributed by atoms with van der Waals surface area (Å²) < 4.78 is 3.58. The number of aromatic nitrogens is 3. The standard InChI is InChI=1S/C17H16N4O2/c1-11(2)8-20-9-12(6-18)15-5-14(3-4-16(15)20)21-10-13(7-19-21)17(22)23/h3-5,7,9-11H,8H2,1-2H3,(H,22,23). The molecule has 3 aromatic rings. The van der Waals surface area contributed by atoms with Crippen LogP contribution in [0.5, 0.6) is 0 Å². The van der Waals surface area contributed by atoms with Gasteiger partial charge in [-0.2, -0.15) is 10.4 Å². The molecule has 0 atom stereocenters. The third kappa shape index (κ3) is 2.69. The Bertz CT molecular complexity index is 928. The molecule has 0 aliphatic rings. The van der Waals surface area contributed by atoms with E-state index in [1.54, 1.807) is 0 Å². The molecule has 0 spiro atoms. The highest BCUT2D eigenvalue weighted by Crippen LogP contribution is 2.25. The number of carboxylic acid groups (broad SMARTS) is 1. The number of carboxylic acids is 1. The molecule has 0 aliphatic heterocycles. The summed E-state index contributed by atoms with van der Waals surface area (Å²) in [7, 11) is 0. The number of hydrogen-bond acceptors (Lipinski definition) is 3. The molecule has 0 aliphatic carbocycles. The first kappa shape index (κ1) is 14.9. The van der Waals surface area contributed by atoms with Gasteiger partial charge in [-0.05, 0) is 24.1 Å². The van der Waals surface area contributed by atoms with Gasteiger partial charge in [0.1, 0.15) is 6.07 Å². The Balaban J connectivity index is 2.11. The van der Waals surface area contributed by atoms with Crippen LogP contribution >= 0.6 is 0 Å². The van der Waals surface area contributed by atoms with Crippen molar-refractivity contribution in [2.24, 2.45) is 5.92 Å². The van der Waals surface area contributed by atoms with Gasteiger partial charge in [0.15, 0.2) is 0 Å². The van der Waals surface area contributed by atoms with E-state index in [1.807, 2.05) is 24.4 Å². The first-order valence-corrected chi connectivity index (χ1v) is 7.31. The fourth-order valence-corrected chi connectivity index (χ4v) is 2.64. The Morgan fingerprint density at radius 2 is 2.17 bits per heavy atom. The molecule has 0 bridgehead atoms. The van der Waals surface area contributed by atoms with Gasteiger partial charge in [0, 0.05) is 29.8 Å². The maximum atomic E-state index is 11.0. The van der Waals surface area contributed by atoms with Crippen molar-refractivity contribution in [2.45, 2.75) is 20.4 Å². The predicted molar refractivity (Wildman–Crippen MR) is 85.6 cm³/mol. The van der Waals surface area contributed by atoms with Crippen molar-refractivity contribution in [3.63, 3.8) is 0 Å². The molecule has 0 radical (unpaired) electrons. The Morgan fingerprint density at radius 3 is 2.78 bits per heavy atom. The van der Waals surface area contributed by atoms with Gasteiger partial charge >= 0.3 is 5.97 Å². The summed E-state index contributed by atoms with van der Waals surface area (Å²) in [6, 6.07) is 7.90. The Kier molecular flexibility index (Phi) is 3.62. The van der Waals surface area contributed by atoms with Crippen molar-refractivity contribution >= 4 is 16.9 Å². The Morgan fingerprint density at radius 1 is 1.39 bits per heavy atom. The van der Waals surface area contributed by atoms with Crippen LogP contribution in [0.3, 0.4) is 0 Å². The van der Waals surface area contributed by atoms with E-state index < -0.39 is 5.97 Å². The summed E-state index contributed by atoms with van der Waals surface area (Å²) in [5, 5.41) is 23.3. The molecule has 23 heavy (non-hydrogen) atoms. The van der Waals surface area contributed by atoms with Crippen LogP contribution in [0, 0.1) is 17.2 Å². The lowest BCUT2D eigenvalue weighted by Gasteiger charge is -2.08. The lowest BCUT2D eigenvalue weighted by atomic mass is 10.1. The number of fused-ring (bicyclic) bond motifs is 1. The first-order valence-electron chi connectivity index (χ1n) is 7.31. The Hall–Kier alpha value is -3.07. The zero-order valence-corrected chi connectivity index (χ0v) is 12.9. The molecular formula is C17H16N4O2. The van der Waals surface area contributed by atoms with Gasteiger partial charge in [0.25, 0.3) is 0 Å². The minimum atomic E-state index is -1.02. The average Bonchev–Trinajstić information content (AvgIpc) is 3.11. The predicted octanol–water partition coefficient (Wildman–Crippen LogP) is 3.05. The molecule has 116 valence electrons. The number of benzene rings is 1. The molecule has 1 N–H and O–H groups in total. The molecule has 1 aromatic carbocycles. The Labute approximate surface area is 133 Å². The second-order valence-corrected chi connectivity index (χ2v) is 5.88. The smallest absolute Gasteiger partial charge is 0.338 e. The highest BCUT2D eigenvalue weighted by atomic mass is 16.4. The number of hydrogen-bond donors (Lipinski definition) is 1. The second kappa shape index (κ2) is 5.61. The number of carbonyl (C=O) groups is 1. The SMILES string of the molecule is CC(C)Cn1cc(C#N)c2cc(-n3cc(C(=O)O)cn3)ccc21. The topological polar surface area (TPSA) is 83.8 Å². The summed E-state index contributed by atoms with van der Waals surface area (Å²) in [6.07, 6.45) is 4.63. The van der Waals surface area contributed by atoms with Crippen molar-refractivity contribution in [1.82, 2.24) is 14.3 Å². The number of nitriles is 1. The lowest BCUT2D eigenvalue weighted by molar-refractivity contribution is 0.0697. The monoisotopic (exact) mass is 308 g/mol. The molecule has 0 saturated heterocycles. The van der Waals surface area contributed by atoms with Gasteiger partial charge in [-0.3, -0.25) is 0 Å². The normalized spacial score (nSPS) is 11.0. The molecular weight excluding hydrogens is 292 g/mol. The fraction of sp³-hybridized carbons (Fsp3) is 0.235. The van der Waals surface area contributed by atoms with E-state index in [9.17, 15) is 10.1 Å². The van der Waals surface area contributed by atoms with Gasteiger partial charge in [0.2, 0.25) is 0 Å². The van der Waals surface area contributed by atoms with Crippen molar-refractivity contribution in [3.05, 3.63) is 47.9 Å². The van der Waals surface area contributed by atoms with Crippen LogP contribution in [-0.4, -0.2) is 25.4 Å². The van der Waals surface area contributed by atoms with Crippen molar-refractivity contribution in [2.75, 3.05) is 0 Å². The number of aromatic carboxylic acids is 1. The van der Waals surface area contributed by atoms with E-state index in [2.05, 4.69) is 29.6 Å². The van der Waals surface area contributed by atoms with Crippen molar-refractivity contribution in [3.8, 4) is 11.8 Å². The molecule has 0 fully saturated rings. The highest BCUT2D eigenvalue weighted by Gasteiger charge is 2.12. The fourth-order valence-electron chi connectivity index (χ4n) is 2.64. The van der Waals surface area contributed by atoms with Crippen LogP contribution in [0.2, 0.25) is 0 Å². The minimum absolute atomic E-state index is 0.128. The van der Waals surface area contributed by atoms with E-state index in [1.165, 1.54) is 17.1 Å². The largest absolute Gasteiger partial charge is 0.478 e. The highest BCUT2D eigenvalue weighted by molar-refractivity contribution is 5.89. The molecule has 0 unspecified atom stereocenters. The third-order valence-corrected chi connectivity index (χ3v) is 3.64. The summed E-state index contributed by atoms with van der Waals surface area (Å²) >= 11 is 0. The van der Waals surface area contributed by atoms with Gasteiger partial charge < -0.3 is 9.67 Å². The van der Waals surface area contributed by atoms with Gasteiger partial charge in [-0.25, -0.2) is 9.48 Å². The van der Waals surface area contributed by atoms with Crippen molar-refractivity contribution in [1.29, 1.82) is 5.26 Å². The summed E-state index contributed by atoms with van der Waals surface area (Å²) in [5.41, 5.74) is 2.45. The summed E-state index contributed by atoms with van der Waals surface area (Å²) in [6.45, 7) is 5.09. The molecule has 0 amide bonds.